The van der Waals surface area contributed by atoms with E-state index in [0.29, 0.717) is 21.5 Å². The van der Waals surface area contributed by atoms with Crippen molar-refractivity contribution in [3.63, 3.8) is 0 Å². The molecule has 26 heavy (non-hydrogen) atoms. The molecule has 0 unspecified atom stereocenters. The zero-order valence-corrected chi connectivity index (χ0v) is 16.1. The highest BCUT2D eigenvalue weighted by atomic mass is 79.9. The van der Waals surface area contributed by atoms with Gasteiger partial charge in [-0.3, -0.25) is 14.9 Å². The van der Waals surface area contributed by atoms with Crippen molar-refractivity contribution >= 4 is 50.9 Å². The van der Waals surface area contributed by atoms with Gasteiger partial charge in [0.2, 0.25) is 5.91 Å². The van der Waals surface area contributed by atoms with E-state index >= 15 is 0 Å². The first-order valence-corrected chi connectivity index (χ1v) is 8.37. The van der Waals surface area contributed by atoms with Crippen LogP contribution in [0.4, 0.5) is 11.4 Å². The Kier molecular flexibility index (Phi) is 6.59. The summed E-state index contributed by atoms with van der Waals surface area (Å²) in [5, 5.41) is 13.4. The molecule has 9 heteroatoms. The molecule has 0 fully saturated rings. The number of methoxy groups -OCH3 is 2. The highest BCUT2D eigenvalue weighted by Gasteiger charge is 2.13. The van der Waals surface area contributed by atoms with Gasteiger partial charge in [0, 0.05) is 17.8 Å². The van der Waals surface area contributed by atoms with Gasteiger partial charge in [-0.15, -0.1) is 0 Å². The van der Waals surface area contributed by atoms with Gasteiger partial charge in [-0.25, -0.2) is 0 Å². The second-order valence-corrected chi connectivity index (χ2v) is 6.25. The Morgan fingerprint density at radius 2 is 2.00 bits per heavy atom. The summed E-state index contributed by atoms with van der Waals surface area (Å²) in [7, 11) is 3.04. The Morgan fingerprint density at radius 1 is 1.27 bits per heavy atom. The van der Waals surface area contributed by atoms with Gasteiger partial charge in [-0.1, -0.05) is 11.6 Å². The van der Waals surface area contributed by atoms with Crippen LogP contribution in [0.25, 0.3) is 6.08 Å². The first kappa shape index (κ1) is 19.7. The van der Waals surface area contributed by atoms with Crippen LogP contribution in [0.3, 0.4) is 0 Å². The SMILES string of the molecule is COc1cc(C=CC(=O)Nc2ccc(Cl)c([N+](=O)[O-])c2)cc(Br)c1OC. The molecule has 0 saturated heterocycles. The molecule has 136 valence electrons. The van der Waals surface area contributed by atoms with E-state index in [-0.39, 0.29) is 16.4 Å². The van der Waals surface area contributed by atoms with Gasteiger partial charge in [-0.2, -0.15) is 0 Å². The number of ether oxygens (including phenoxy) is 2. The highest BCUT2D eigenvalue weighted by molar-refractivity contribution is 9.10. The number of halogens is 2. The average Bonchev–Trinajstić information content (AvgIpc) is 2.60. The number of hydrogen-bond donors (Lipinski definition) is 1. The number of nitro groups is 1. The molecule has 0 bridgehead atoms. The largest absolute Gasteiger partial charge is 0.493 e. The van der Waals surface area contributed by atoms with Crippen molar-refractivity contribution in [2.75, 3.05) is 19.5 Å². The summed E-state index contributed by atoms with van der Waals surface area (Å²) in [4.78, 5) is 22.3. The lowest BCUT2D eigenvalue weighted by Crippen LogP contribution is -2.08. The van der Waals surface area contributed by atoms with E-state index < -0.39 is 10.8 Å². The summed E-state index contributed by atoms with van der Waals surface area (Å²) in [6.07, 6.45) is 2.88. The van der Waals surface area contributed by atoms with Gasteiger partial charge in [0.1, 0.15) is 5.02 Å². The maximum absolute atomic E-state index is 12.0. The van der Waals surface area contributed by atoms with E-state index in [1.54, 1.807) is 18.2 Å². The third kappa shape index (κ3) is 4.74. The average molecular weight is 442 g/mol. The fourth-order valence-corrected chi connectivity index (χ4v) is 2.93. The molecule has 0 aliphatic carbocycles. The third-order valence-corrected chi connectivity index (χ3v) is 4.20. The maximum atomic E-state index is 12.0. The number of amides is 1. The number of benzene rings is 2. The number of hydrogen-bond acceptors (Lipinski definition) is 5. The van der Waals surface area contributed by atoms with Crippen LogP contribution >= 0.6 is 27.5 Å². The number of anilines is 1. The summed E-state index contributed by atoms with van der Waals surface area (Å²) >= 11 is 9.11. The van der Waals surface area contributed by atoms with Crippen molar-refractivity contribution in [1.82, 2.24) is 0 Å². The molecule has 1 amide bonds. The minimum atomic E-state index is -0.616. The fourth-order valence-electron chi connectivity index (χ4n) is 2.12. The molecule has 2 rings (SSSR count). The van der Waals surface area contributed by atoms with Crippen LogP contribution in [0.2, 0.25) is 5.02 Å². The molecule has 7 nitrogen and oxygen atoms in total. The summed E-state index contributed by atoms with van der Waals surface area (Å²) in [5.41, 5.74) is 0.688. The standard InChI is InChI=1S/C17H14BrClN2O5/c1-25-15-8-10(7-12(18)17(15)26-2)3-6-16(22)20-11-4-5-13(19)14(9-11)21(23)24/h3-9H,1-2H3,(H,20,22). The van der Waals surface area contributed by atoms with Crippen LogP contribution in [-0.2, 0) is 4.79 Å². The predicted molar refractivity (Wildman–Crippen MR) is 103 cm³/mol. The molecule has 0 aliphatic rings. The predicted octanol–water partition coefficient (Wildman–Crippen LogP) is 4.68. The van der Waals surface area contributed by atoms with E-state index in [1.807, 2.05) is 0 Å². The minimum absolute atomic E-state index is 0.00119. The quantitative estimate of drug-likeness (QED) is 0.399. The molecule has 0 atom stereocenters. The molecule has 0 spiro atoms. The van der Waals surface area contributed by atoms with Crippen molar-refractivity contribution < 1.29 is 19.2 Å². The van der Waals surface area contributed by atoms with Gasteiger partial charge >= 0.3 is 0 Å². The van der Waals surface area contributed by atoms with Gasteiger partial charge < -0.3 is 14.8 Å². The lowest BCUT2D eigenvalue weighted by atomic mass is 10.2. The second-order valence-electron chi connectivity index (χ2n) is 4.98. The summed E-state index contributed by atoms with van der Waals surface area (Å²) in [6.45, 7) is 0. The lowest BCUT2D eigenvalue weighted by Gasteiger charge is -2.10. The number of carbonyl (C=O) groups is 1. The van der Waals surface area contributed by atoms with E-state index in [0.717, 1.165) is 0 Å². The summed E-state index contributed by atoms with van der Waals surface area (Å²) in [6, 6.07) is 7.50. The molecule has 0 saturated carbocycles. The smallest absolute Gasteiger partial charge is 0.289 e. The number of rotatable bonds is 6. The first-order chi connectivity index (χ1) is 12.3. The summed E-state index contributed by atoms with van der Waals surface area (Å²) in [5.74, 6) is 0.602. The Hall–Kier alpha value is -2.58. The van der Waals surface area contributed by atoms with E-state index in [2.05, 4.69) is 21.2 Å². The van der Waals surface area contributed by atoms with E-state index in [9.17, 15) is 14.9 Å². The van der Waals surface area contributed by atoms with Gasteiger partial charge in [0.25, 0.3) is 5.69 Å². The van der Waals surface area contributed by atoms with Gasteiger partial charge in [-0.05, 0) is 51.8 Å². The molecule has 0 radical (unpaired) electrons. The van der Waals surface area contributed by atoms with Gasteiger partial charge in [0.05, 0.1) is 23.6 Å². The van der Waals surface area contributed by atoms with Crippen LogP contribution < -0.4 is 14.8 Å². The molecule has 0 aliphatic heterocycles. The molecule has 0 heterocycles. The van der Waals surface area contributed by atoms with Crippen LogP contribution in [0.1, 0.15) is 5.56 Å². The Labute approximate surface area is 162 Å². The monoisotopic (exact) mass is 440 g/mol. The maximum Gasteiger partial charge on any atom is 0.289 e. The Bertz CT molecular complexity index is 886. The fraction of sp³-hybridized carbons (Fsp3) is 0.118. The molecule has 0 aromatic heterocycles. The van der Waals surface area contributed by atoms with Crippen molar-refractivity contribution in [2.24, 2.45) is 0 Å². The molecular weight excluding hydrogens is 428 g/mol. The molecule has 2 aromatic carbocycles. The number of nitro benzene ring substituents is 1. The highest BCUT2D eigenvalue weighted by Crippen LogP contribution is 2.36. The number of nitrogens with one attached hydrogen (secondary N) is 1. The topological polar surface area (TPSA) is 90.7 Å². The Morgan fingerprint density at radius 3 is 2.62 bits per heavy atom. The van der Waals surface area contributed by atoms with Crippen LogP contribution in [0, 0.1) is 10.1 Å². The molecule has 1 N–H and O–H groups in total. The van der Waals surface area contributed by atoms with Crippen LogP contribution in [0.5, 0.6) is 11.5 Å². The number of carbonyl (C=O) groups excluding carboxylic acids is 1. The zero-order valence-electron chi connectivity index (χ0n) is 13.8. The van der Waals surface area contributed by atoms with Crippen molar-refractivity contribution in [2.45, 2.75) is 0 Å². The minimum Gasteiger partial charge on any atom is -0.493 e. The van der Waals surface area contributed by atoms with Crippen molar-refractivity contribution in [3.8, 4) is 11.5 Å². The van der Waals surface area contributed by atoms with Crippen LogP contribution in [-0.4, -0.2) is 25.1 Å². The second kappa shape index (κ2) is 8.68. The Balaban J connectivity index is 2.16. The molecule has 2 aromatic rings. The lowest BCUT2D eigenvalue weighted by molar-refractivity contribution is -0.384. The van der Waals surface area contributed by atoms with Crippen molar-refractivity contribution in [1.29, 1.82) is 0 Å². The first-order valence-electron chi connectivity index (χ1n) is 7.20. The summed E-state index contributed by atoms with van der Waals surface area (Å²) < 4.78 is 11.1. The van der Waals surface area contributed by atoms with Crippen molar-refractivity contribution in [3.05, 3.63) is 61.6 Å². The third-order valence-electron chi connectivity index (χ3n) is 3.29. The van der Waals surface area contributed by atoms with Gasteiger partial charge in [0.15, 0.2) is 11.5 Å². The van der Waals surface area contributed by atoms with E-state index in [1.165, 1.54) is 38.5 Å². The normalized spacial score (nSPS) is 10.6. The zero-order chi connectivity index (χ0) is 19.3. The molecular formula is C17H14BrClN2O5. The van der Waals surface area contributed by atoms with Crippen LogP contribution in [0.15, 0.2) is 40.9 Å². The number of nitrogens with zero attached hydrogens (tertiary/aromatic N) is 1. The van der Waals surface area contributed by atoms with E-state index in [4.69, 9.17) is 21.1 Å².